The second kappa shape index (κ2) is 5.03. The summed E-state index contributed by atoms with van der Waals surface area (Å²) in [5.41, 5.74) is 0.558. The van der Waals surface area contributed by atoms with Crippen LogP contribution in [0.3, 0.4) is 0 Å². The maximum atomic E-state index is 12.2. The van der Waals surface area contributed by atoms with E-state index in [-0.39, 0.29) is 22.8 Å². The fourth-order valence-electron chi connectivity index (χ4n) is 2.11. The first-order chi connectivity index (χ1) is 8.63. The summed E-state index contributed by atoms with van der Waals surface area (Å²) in [5.74, 6) is -0.267. The monoisotopic (exact) mass is 249 g/mol. The van der Waals surface area contributed by atoms with E-state index >= 15 is 0 Å². The molecule has 96 valence electrons. The summed E-state index contributed by atoms with van der Waals surface area (Å²) in [6, 6.07) is 1.33. The molecule has 0 spiro atoms. The predicted octanol–water partition coefficient (Wildman–Crippen LogP) is 0.687. The van der Waals surface area contributed by atoms with Gasteiger partial charge in [0, 0.05) is 43.9 Å². The molecule has 1 aliphatic heterocycles. The number of aromatic amines is 1. The number of hydrogen-bond donors (Lipinski definition) is 2. The highest BCUT2D eigenvalue weighted by molar-refractivity contribution is 5.96. The molecule has 2 rings (SSSR count). The van der Waals surface area contributed by atoms with Crippen LogP contribution in [0.5, 0.6) is 0 Å². The van der Waals surface area contributed by atoms with Gasteiger partial charge in [-0.2, -0.15) is 0 Å². The number of carbonyl (C=O) groups excluding carboxylic acids is 1. The minimum atomic E-state index is -0.284. The standard InChI is InChI=1S/C12H15N3O3/c1-8-7-15(5-3-10(8)14-18)12(17)9-6-13-4-2-11(9)16/h2,4,6,8,18H,3,5,7H2,1H3,(H,13,16)/b14-10+. The highest BCUT2D eigenvalue weighted by atomic mass is 16.4. The van der Waals surface area contributed by atoms with Crippen LogP contribution in [0.25, 0.3) is 0 Å². The van der Waals surface area contributed by atoms with E-state index in [2.05, 4.69) is 10.1 Å². The SMILES string of the molecule is CC1CN(C(=O)c2c[nH]ccc2=O)CC/C1=N\O. The normalized spacial score (nSPS) is 22.2. The van der Waals surface area contributed by atoms with Crippen LogP contribution in [0.1, 0.15) is 23.7 Å². The highest BCUT2D eigenvalue weighted by Gasteiger charge is 2.27. The average Bonchev–Trinajstić information content (AvgIpc) is 2.38. The van der Waals surface area contributed by atoms with Gasteiger partial charge in [0.05, 0.1) is 5.71 Å². The number of rotatable bonds is 1. The van der Waals surface area contributed by atoms with Crippen LogP contribution in [-0.2, 0) is 0 Å². The minimum absolute atomic E-state index is 0.00972. The summed E-state index contributed by atoms with van der Waals surface area (Å²) in [7, 11) is 0. The van der Waals surface area contributed by atoms with E-state index in [1.165, 1.54) is 18.5 Å². The van der Waals surface area contributed by atoms with Crippen molar-refractivity contribution >= 4 is 11.6 Å². The van der Waals surface area contributed by atoms with E-state index in [1.54, 1.807) is 4.90 Å². The fourth-order valence-corrected chi connectivity index (χ4v) is 2.11. The Morgan fingerprint density at radius 1 is 1.61 bits per heavy atom. The van der Waals surface area contributed by atoms with E-state index in [0.29, 0.717) is 25.2 Å². The lowest BCUT2D eigenvalue weighted by Crippen LogP contribution is -2.44. The van der Waals surface area contributed by atoms with Crippen molar-refractivity contribution in [2.75, 3.05) is 13.1 Å². The Bertz CT molecular complexity index is 535. The summed E-state index contributed by atoms with van der Waals surface area (Å²) >= 11 is 0. The Morgan fingerprint density at radius 3 is 3.00 bits per heavy atom. The number of amides is 1. The van der Waals surface area contributed by atoms with Crippen molar-refractivity contribution in [3.8, 4) is 0 Å². The van der Waals surface area contributed by atoms with Gasteiger partial charge in [-0.25, -0.2) is 0 Å². The lowest BCUT2D eigenvalue weighted by molar-refractivity contribution is 0.0732. The number of oxime groups is 1. The zero-order valence-corrected chi connectivity index (χ0v) is 10.1. The lowest BCUT2D eigenvalue weighted by Gasteiger charge is -2.31. The van der Waals surface area contributed by atoms with Crippen molar-refractivity contribution in [3.05, 3.63) is 34.2 Å². The second-order valence-electron chi connectivity index (χ2n) is 4.42. The number of likely N-dealkylation sites (tertiary alicyclic amines) is 1. The first-order valence-corrected chi connectivity index (χ1v) is 5.80. The van der Waals surface area contributed by atoms with Crippen molar-refractivity contribution in [1.82, 2.24) is 9.88 Å². The van der Waals surface area contributed by atoms with Gasteiger partial charge in [-0.3, -0.25) is 9.59 Å². The van der Waals surface area contributed by atoms with E-state index < -0.39 is 0 Å². The molecule has 0 saturated carbocycles. The van der Waals surface area contributed by atoms with Crippen molar-refractivity contribution < 1.29 is 10.0 Å². The summed E-state index contributed by atoms with van der Waals surface area (Å²) in [6.45, 7) is 2.83. The number of hydrogen-bond acceptors (Lipinski definition) is 4. The number of H-pyrrole nitrogens is 1. The van der Waals surface area contributed by atoms with Crippen LogP contribution in [0.15, 0.2) is 28.4 Å². The second-order valence-corrected chi connectivity index (χ2v) is 4.42. The molecule has 1 atom stereocenters. The molecule has 1 aliphatic rings. The van der Waals surface area contributed by atoms with Gasteiger partial charge in [0.15, 0.2) is 5.43 Å². The van der Waals surface area contributed by atoms with Crippen LogP contribution in [0.4, 0.5) is 0 Å². The number of nitrogens with zero attached hydrogens (tertiary/aromatic N) is 2. The zero-order chi connectivity index (χ0) is 13.1. The molecule has 6 nitrogen and oxygen atoms in total. The molecule has 1 aromatic rings. The Hall–Kier alpha value is -2.11. The van der Waals surface area contributed by atoms with Gasteiger partial charge in [0.25, 0.3) is 5.91 Å². The molecule has 1 amide bonds. The third-order valence-corrected chi connectivity index (χ3v) is 3.17. The molecule has 0 aromatic carbocycles. The molecule has 1 fully saturated rings. The molecular formula is C12H15N3O3. The Balaban J connectivity index is 2.17. The maximum Gasteiger partial charge on any atom is 0.259 e. The van der Waals surface area contributed by atoms with Crippen molar-refractivity contribution in [1.29, 1.82) is 0 Å². The molecule has 6 heteroatoms. The molecule has 1 unspecified atom stereocenters. The Kier molecular flexibility index (Phi) is 3.45. The summed E-state index contributed by atoms with van der Waals surface area (Å²) in [6.07, 6.45) is 3.45. The smallest absolute Gasteiger partial charge is 0.259 e. The van der Waals surface area contributed by atoms with Crippen LogP contribution in [0, 0.1) is 5.92 Å². The Labute approximate surface area is 104 Å². The van der Waals surface area contributed by atoms with Gasteiger partial charge < -0.3 is 15.1 Å². The van der Waals surface area contributed by atoms with Crippen LogP contribution >= 0.6 is 0 Å². The quantitative estimate of drug-likeness (QED) is 0.567. The van der Waals surface area contributed by atoms with Gasteiger partial charge in [0.1, 0.15) is 5.56 Å². The van der Waals surface area contributed by atoms with E-state index in [9.17, 15) is 9.59 Å². The molecule has 0 bridgehead atoms. The van der Waals surface area contributed by atoms with E-state index in [0.717, 1.165) is 0 Å². The first-order valence-electron chi connectivity index (χ1n) is 5.80. The summed E-state index contributed by atoms with van der Waals surface area (Å²) < 4.78 is 0. The zero-order valence-electron chi connectivity index (χ0n) is 10.1. The van der Waals surface area contributed by atoms with Crippen LogP contribution in [0.2, 0.25) is 0 Å². The first kappa shape index (κ1) is 12.3. The number of pyridine rings is 1. The largest absolute Gasteiger partial charge is 0.411 e. The third kappa shape index (κ3) is 2.27. The summed E-state index contributed by atoms with van der Waals surface area (Å²) in [5, 5.41) is 12.0. The average molecular weight is 249 g/mol. The van der Waals surface area contributed by atoms with Gasteiger partial charge in [0.2, 0.25) is 0 Å². The molecule has 0 aliphatic carbocycles. The van der Waals surface area contributed by atoms with Gasteiger partial charge >= 0.3 is 0 Å². The number of carbonyl (C=O) groups is 1. The number of aromatic nitrogens is 1. The topological polar surface area (TPSA) is 85.8 Å². The molecule has 0 radical (unpaired) electrons. The van der Waals surface area contributed by atoms with Crippen LogP contribution < -0.4 is 5.43 Å². The fraction of sp³-hybridized carbons (Fsp3) is 0.417. The molecule has 1 saturated heterocycles. The number of nitrogens with one attached hydrogen (secondary N) is 1. The lowest BCUT2D eigenvalue weighted by atomic mass is 9.97. The van der Waals surface area contributed by atoms with Crippen molar-refractivity contribution in [2.45, 2.75) is 13.3 Å². The third-order valence-electron chi connectivity index (χ3n) is 3.17. The molecule has 18 heavy (non-hydrogen) atoms. The van der Waals surface area contributed by atoms with Crippen LogP contribution in [-0.4, -0.2) is 39.8 Å². The van der Waals surface area contributed by atoms with Gasteiger partial charge in [-0.05, 0) is 0 Å². The van der Waals surface area contributed by atoms with Gasteiger partial charge in [-0.15, -0.1) is 0 Å². The van der Waals surface area contributed by atoms with E-state index in [1.807, 2.05) is 6.92 Å². The van der Waals surface area contributed by atoms with Gasteiger partial charge in [-0.1, -0.05) is 12.1 Å². The van der Waals surface area contributed by atoms with Crippen molar-refractivity contribution in [3.63, 3.8) is 0 Å². The Morgan fingerprint density at radius 2 is 2.39 bits per heavy atom. The van der Waals surface area contributed by atoms with Crippen molar-refractivity contribution in [2.24, 2.45) is 11.1 Å². The highest BCUT2D eigenvalue weighted by Crippen LogP contribution is 2.15. The number of piperidine rings is 1. The molecular weight excluding hydrogens is 234 g/mol. The summed E-state index contributed by atoms with van der Waals surface area (Å²) in [4.78, 5) is 28.1. The molecule has 1 aromatic heterocycles. The maximum absolute atomic E-state index is 12.2. The molecule has 2 N–H and O–H groups in total. The predicted molar refractivity (Wildman–Crippen MR) is 66.0 cm³/mol. The molecule has 2 heterocycles. The van der Waals surface area contributed by atoms with E-state index in [4.69, 9.17) is 5.21 Å². The minimum Gasteiger partial charge on any atom is -0.411 e.